The lowest BCUT2D eigenvalue weighted by Gasteiger charge is -2.10. The Labute approximate surface area is 197 Å². The van der Waals surface area contributed by atoms with Crippen LogP contribution in [0, 0.1) is 0 Å². The Kier molecular flexibility index (Phi) is 4.81. The molecule has 0 radical (unpaired) electrons. The van der Waals surface area contributed by atoms with E-state index in [2.05, 4.69) is 35.6 Å². The first-order valence-electron chi connectivity index (χ1n) is 10.7. The predicted octanol–water partition coefficient (Wildman–Crippen LogP) is 4.82. The first-order chi connectivity index (χ1) is 17.2. The van der Waals surface area contributed by atoms with E-state index in [0.29, 0.717) is 22.4 Å². The van der Waals surface area contributed by atoms with Crippen molar-refractivity contribution in [1.29, 1.82) is 0 Å². The van der Waals surface area contributed by atoms with Crippen molar-refractivity contribution in [2.75, 3.05) is 0 Å². The van der Waals surface area contributed by atoms with Crippen molar-refractivity contribution in [2.24, 2.45) is 10.2 Å². The van der Waals surface area contributed by atoms with E-state index in [4.69, 9.17) is 0 Å². The molecule has 0 fully saturated rings. The van der Waals surface area contributed by atoms with Gasteiger partial charge in [-0.15, -0.1) is 20.4 Å². The summed E-state index contributed by atoms with van der Waals surface area (Å²) < 4.78 is 1.28. The van der Waals surface area contributed by atoms with Gasteiger partial charge in [-0.2, -0.15) is 10.1 Å². The standard InChI is InChI=1S/C25H16N8O2/c34-24-21(25(35)33-14-8-7-13-17(33)26-24)28-30-23-19-18(15-9-3-1-4-10-15)20(16-11-5-2-6-12-16)27-29-22(19)31-32-23/h1-14,34H,(H,29,31,32). The van der Waals surface area contributed by atoms with Gasteiger partial charge in [0, 0.05) is 17.3 Å². The van der Waals surface area contributed by atoms with Crippen LogP contribution >= 0.6 is 0 Å². The molecule has 0 aliphatic carbocycles. The summed E-state index contributed by atoms with van der Waals surface area (Å²) in [6.07, 6.45) is 1.54. The largest absolute Gasteiger partial charge is 0.491 e. The van der Waals surface area contributed by atoms with Crippen molar-refractivity contribution in [3.05, 3.63) is 95.4 Å². The summed E-state index contributed by atoms with van der Waals surface area (Å²) in [6, 6.07) is 24.4. The van der Waals surface area contributed by atoms with Gasteiger partial charge in [0.05, 0.1) is 5.39 Å². The van der Waals surface area contributed by atoms with E-state index in [1.807, 2.05) is 60.7 Å². The summed E-state index contributed by atoms with van der Waals surface area (Å²) in [5, 5.41) is 35.0. The molecule has 2 aromatic carbocycles. The lowest BCUT2D eigenvalue weighted by molar-refractivity contribution is 0.454. The van der Waals surface area contributed by atoms with Gasteiger partial charge in [0.1, 0.15) is 11.3 Å². The molecule has 2 N–H and O–H groups in total. The Hall–Kier alpha value is -5.25. The highest BCUT2D eigenvalue weighted by Gasteiger charge is 2.20. The highest BCUT2D eigenvalue weighted by Crippen LogP contribution is 2.39. The third-order valence-corrected chi connectivity index (χ3v) is 5.51. The minimum atomic E-state index is -0.551. The number of aromatic hydroxyl groups is 1. The van der Waals surface area contributed by atoms with Crippen molar-refractivity contribution in [2.45, 2.75) is 0 Å². The molecule has 0 atom stereocenters. The minimum Gasteiger partial charge on any atom is -0.491 e. The summed E-state index contributed by atoms with van der Waals surface area (Å²) in [5.41, 5.74) is 3.04. The van der Waals surface area contributed by atoms with Gasteiger partial charge in [-0.3, -0.25) is 14.3 Å². The zero-order chi connectivity index (χ0) is 23.8. The third kappa shape index (κ3) is 3.49. The zero-order valence-electron chi connectivity index (χ0n) is 18.1. The number of benzene rings is 2. The average Bonchev–Trinajstić information content (AvgIpc) is 3.32. The number of nitrogens with zero attached hydrogens (tertiary/aromatic N) is 7. The fraction of sp³-hybridized carbons (Fsp3) is 0. The molecule has 0 unspecified atom stereocenters. The van der Waals surface area contributed by atoms with Crippen LogP contribution in [0.3, 0.4) is 0 Å². The third-order valence-electron chi connectivity index (χ3n) is 5.51. The molecule has 168 valence electrons. The number of nitrogens with one attached hydrogen (secondary N) is 1. The van der Waals surface area contributed by atoms with Gasteiger partial charge < -0.3 is 5.11 Å². The van der Waals surface area contributed by atoms with Crippen molar-refractivity contribution in [3.63, 3.8) is 0 Å². The lowest BCUT2D eigenvalue weighted by atomic mass is 9.97. The SMILES string of the molecule is O=c1c(N=Nc2n[nH]c3nnc(-c4ccccc4)c(-c4ccccc4)c23)c(O)nc2ccccn12. The van der Waals surface area contributed by atoms with Crippen LogP contribution in [-0.4, -0.2) is 34.9 Å². The smallest absolute Gasteiger partial charge is 0.289 e. The second-order valence-corrected chi connectivity index (χ2v) is 7.64. The predicted molar refractivity (Wildman–Crippen MR) is 130 cm³/mol. The second kappa shape index (κ2) is 8.27. The van der Waals surface area contributed by atoms with E-state index in [-0.39, 0.29) is 11.5 Å². The molecule has 0 amide bonds. The summed E-state index contributed by atoms with van der Waals surface area (Å²) in [7, 11) is 0. The maximum absolute atomic E-state index is 12.9. The molecule has 10 heteroatoms. The quantitative estimate of drug-likeness (QED) is 0.362. The number of hydrogen-bond acceptors (Lipinski definition) is 8. The number of fused-ring (bicyclic) bond motifs is 2. The molecule has 6 rings (SSSR count). The molecular formula is C25H16N8O2. The van der Waals surface area contributed by atoms with Crippen LogP contribution in [0.15, 0.2) is 100 Å². The molecule has 0 aliphatic rings. The second-order valence-electron chi connectivity index (χ2n) is 7.64. The van der Waals surface area contributed by atoms with Gasteiger partial charge in [-0.1, -0.05) is 66.7 Å². The Morgan fingerprint density at radius 3 is 2.31 bits per heavy atom. The van der Waals surface area contributed by atoms with Crippen LogP contribution < -0.4 is 5.56 Å². The summed E-state index contributed by atoms with van der Waals surface area (Å²) >= 11 is 0. The van der Waals surface area contributed by atoms with Crippen molar-refractivity contribution in [3.8, 4) is 28.3 Å². The number of hydrogen-bond donors (Lipinski definition) is 2. The fourth-order valence-electron chi connectivity index (χ4n) is 3.90. The normalized spacial score (nSPS) is 11.5. The fourth-order valence-corrected chi connectivity index (χ4v) is 3.90. The molecule has 0 saturated heterocycles. The molecule has 0 aliphatic heterocycles. The summed E-state index contributed by atoms with van der Waals surface area (Å²) in [6.45, 7) is 0. The van der Waals surface area contributed by atoms with Gasteiger partial charge in [0.2, 0.25) is 17.4 Å². The highest BCUT2D eigenvalue weighted by atomic mass is 16.3. The Morgan fingerprint density at radius 1 is 0.829 bits per heavy atom. The van der Waals surface area contributed by atoms with Gasteiger partial charge in [0.25, 0.3) is 5.56 Å². The van der Waals surface area contributed by atoms with E-state index >= 15 is 0 Å². The van der Waals surface area contributed by atoms with Gasteiger partial charge >= 0.3 is 0 Å². The summed E-state index contributed by atoms with van der Waals surface area (Å²) in [4.78, 5) is 16.9. The maximum atomic E-state index is 12.9. The maximum Gasteiger partial charge on any atom is 0.289 e. The van der Waals surface area contributed by atoms with Crippen LogP contribution in [0.1, 0.15) is 0 Å². The number of aromatic amines is 1. The Balaban J connectivity index is 1.58. The molecule has 4 heterocycles. The molecule has 6 aromatic rings. The number of H-pyrrole nitrogens is 1. The van der Waals surface area contributed by atoms with E-state index in [1.54, 1.807) is 24.4 Å². The van der Waals surface area contributed by atoms with E-state index in [0.717, 1.165) is 16.7 Å². The minimum absolute atomic E-state index is 0.197. The topological polar surface area (TPSA) is 134 Å². The van der Waals surface area contributed by atoms with Crippen LogP contribution in [0.2, 0.25) is 0 Å². The van der Waals surface area contributed by atoms with Crippen molar-refractivity contribution < 1.29 is 5.11 Å². The van der Waals surface area contributed by atoms with E-state index in [9.17, 15) is 9.90 Å². The monoisotopic (exact) mass is 460 g/mol. The number of aromatic nitrogens is 6. The van der Waals surface area contributed by atoms with Crippen LogP contribution in [0.5, 0.6) is 5.88 Å². The zero-order valence-corrected chi connectivity index (χ0v) is 18.1. The van der Waals surface area contributed by atoms with E-state index in [1.165, 1.54) is 4.40 Å². The van der Waals surface area contributed by atoms with Crippen LogP contribution in [0.25, 0.3) is 39.1 Å². The number of pyridine rings is 1. The Bertz CT molecular complexity index is 1780. The Morgan fingerprint density at radius 2 is 1.54 bits per heavy atom. The van der Waals surface area contributed by atoms with Gasteiger partial charge in [-0.05, 0) is 17.7 Å². The van der Waals surface area contributed by atoms with E-state index < -0.39 is 11.4 Å². The van der Waals surface area contributed by atoms with Crippen molar-refractivity contribution in [1.82, 2.24) is 29.8 Å². The molecule has 0 saturated carbocycles. The number of rotatable bonds is 4. The number of azo groups is 1. The van der Waals surface area contributed by atoms with Crippen LogP contribution in [-0.2, 0) is 0 Å². The molecule has 0 bridgehead atoms. The lowest BCUT2D eigenvalue weighted by Crippen LogP contribution is -2.13. The average molecular weight is 460 g/mol. The van der Waals surface area contributed by atoms with Gasteiger partial charge in [0.15, 0.2) is 5.65 Å². The molecule has 10 nitrogen and oxygen atoms in total. The molecule has 0 spiro atoms. The van der Waals surface area contributed by atoms with Crippen LogP contribution in [0.4, 0.5) is 11.5 Å². The molecular weight excluding hydrogens is 444 g/mol. The molecule has 4 aromatic heterocycles. The first-order valence-corrected chi connectivity index (χ1v) is 10.7. The highest BCUT2D eigenvalue weighted by molar-refractivity contribution is 6.04. The summed E-state index contributed by atoms with van der Waals surface area (Å²) in [5.74, 6) is -0.319. The van der Waals surface area contributed by atoms with Crippen molar-refractivity contribution >= 4 is 28.2 Å². The van der Waals surface area contributed by atoms with Gasteiger partial charge in [-0.25, -0.2) is 0 Å². The molecule has 35 heavy (non-hydrogen) atoms. The first kappa shape index (κ1) is 20.4.